The average Bonchev–Trinajstić information content (AvgIpc) is 2.75. The summed E-state index contributed by atoms with van der Waals surface area (Å²) in [5.41, 5.74) is -0.0189. The molecule has 1 aliphatic heterocycles. The minimum absolute atomic E-state index is 0. The Hall–Kier alpha value is -4.71. The molecule has 3 aromatic rings. The number of benzene rings is 3. The fraction of sp³-hybridized carbons (Fsp3) is 0.136. The van der Waals surface area contributed by atoms with Crippen molar-refractivity contribution in [3.8, 4) is 51.7 Å². The molecule has 0 unspecified atom stereocenters. The summed E-state index contributed by atoms with van der Waals surface area (Å²) < 4.78 is 11.3. The molecule has 0 fully saturated rings. The third-order valence-corrected chi connectivity index (χ3v) is 5.15. The zero-order valence-corrected chi connectivity index (χ0v) is 17.1. The van der Waals surface area contributed by atoms with Crippen LogP contribution in [0.1, 0.15) is 27.6 Å². The summed E-state index contributed by atoms with van der Waals surface area (Å²) in [6, 6.07) is 6.18. The highest BCUT2D eigenvalue weighted by molar-refractivity contribution is 5.91. The van der Waals surface area contributed by atoms with Crippen molar-refractivity contribution in [1.29, 1.82) is 0 Å². The van der Waals surface area contributed by atoms with Crippen LogP contribution in [0.3, 0.4) is 0 Å². The van der Waals surface area contributed by atoms with Crippen molar-refractivity contribution < 1.29 is 60.6 Å². The van der Waals surface area contributed by atoms with Crippen LogP contribution in [-0.4, -0.2) is 58.4 Å². The lowest BCUT2D eigenvalue weighted by molar-refractivity contribution is -0.0189. The highest BCUT2D eigenvalue weighted by atomic mass is 16.6. The molecule has 10 N–H and O–H groups in total. The second kappa shape index (κ2) is 8.67. The van der Waals surface area contributed by atoms with Crippen LogP contribution in [0.15, 0.2) is 36.4 Å². The highest BCUT2D eigenvalue weighted by Crippen LogP contribution is 2.46. The largest absolute Gasteiger partial charge is 0.508 e. The summed E-state index contributed by atoms with van der Waals surface area (Å²) in [5.74, 6) is -6.06. The van der Waals surface area contributed by atoms with Crippen LogP contribution in [0.2, 0.25) is 0 Å². The molecule has 12 heteroatoms. The first-order valence-corrected chi connectivity index (χ1v) is 9.47. The normalized spacial score (nSPS) is 16.6. The van der Waals surface area contributed by atoms with Crippen molar-refractivity contribution >= 4 is 5.97 Å². The van der Waals surface area contributed by atoms with Gasteiger partial charge in [-0.15, -0.1) is 0 Å². The maximum absolute atomic E-state index is 12.7. The number of fused-ring (bicyclic) bond motifs is 1. The molecule has 0 aromatic heterocycles. The molecule has 12 nitrogen and oxygen atoms in total. The Morgan fingerprint density at radius 1 is 0.765 bits per heavy atom. The minimum atomic E-state index is -1.18. The summed E-state index contributed by atoms with van der Waals surface area (Å²) in [4.78, 5) is 12.7. The number of esters is 1. The Labute approximate surface area is 190 Å². The monoisotopic (exact) mass is 476 g/mol. The lowest BCUT2D eigenvalue weighted by Gasteiger charge is -2.34. The number of aromatic hydroxyl groups is 8. The van der Waals surface area contributed by atoms with Gasteiger partial charge in [0.15, 0.2) is 40.6 Å². The van der Waals surface area contributed by atoms with E-state index in [4.69, 9.17) is 9.47 Å². The van der Waals surface area contributed by atoms with Crippen molar-refractivity contribution in [3.63, 3.8) is 0 Å². The summed E-state index contributed by atoms with van der Waals surface area (Å²) in [7, 11) is 0. The molecule has 0 radical (unpaired) electrons. The molecule has 0 saturated carbocycles. The van der Waals surface area contributed by atoms with Gasteiger partial charge >= 0.3 is 5.97 Å². The van der Waals surface area contributed by atoms with Gasteiger partial charge in [-0.05, 0) is 24.3 Å². The predicted molar refractivity (Wildman–Crippen MR) is 113 cm³/mol. The Bertz CT molecular complexity index is 1220. The maximum atomic E-state index is 12.7. The van der Waals surface area contributed by atoms with Crippen LogP contribution in [0.4, 0.5) is 0 Å². The molecule has 0 spiro atoms. The third-order valence-electron chi connectivity index (χ3n) is 5.15. The van der Waals surface area contributed by atoms with Crippen LogP contribution in [0.25, 0.3) is 0 Å². The third kappa shape index (κ3) is 4.17. The molecule has 1 aliphatic rings. The number of phenols is 8. The molecule has 0 saturated heterocycles. The SMILES string of the molecule is O.O=C(O[C@H]1Cc2c(O)cc(O)cc2O[C@H]1c1cc(O)c(O)c(O)c1)c1cc(O)c(O)c(O)c1. The fourth-order valence-corrected chi connectivity index (χ4v) is 3.55. The summed E-state index contributed by atoms with van der Waals surface area (Å²) in [6.45, 7) is 0. The topological polar surface area (TPSA) is 229 Å². The van der Waals surface area contributed by atoms with Gasteiger partial charge in [-0.1, -0.05) is 0 Å². The zero-order valence-electron chi connectivity index (χ0n) is 17.1. The van der Waals surface area contributed by atoms with Gasteiger partial charge < -0.3 is 55.8 Å². The number of phenolic OH excluding ortho intramolecular Hbond substituents is 8. The summed E-state index contributed by atoms with van der Waals surface area (Å²) >= 11 is 0. The lowest BCUT2D eigenvalue weighted by Crippen LogP contribution is -2.34. The molecule has 180 valence electrons. The van der Waals surface area contributed by atoms with E-state index in [1.165, 1.54) is 6.07 Å². The second-order valence-electron chi connectivity index (χ2n) is 7.40. The van der Waals surface area contributed by atoms with E-state index in [0.29, 0.717) is 0 Å². The van der Waals surface area contributed by atoms with Gasteiger partial charge in [0.1, 0.15) is 23.4 Å². The van der Waals surface area contributed by atoms with Crippen molar-refractivity contribution in [1.82, 2.24) is 0 Å². The molecule has 0 bridgehead atoms. The van der Waals surface area contributed by atoms with Crippen LogP contribution in [0.5, 0.6) is 51.7 Å². The number of rotatable bonds is 3. The first-order chi connectivity index (χ1) is 15.5. The predicted octanol–water partition coefficient (Wildman–Crippen LogP) is 1.41. The number of carbonyl (C=O) groups excluding carboxylic acids is 1. The minimum Gasteiger partial charge on any atom is -0.508 e. The summed E-state index contributed by atoms with van der Waals surface area (Å²) in [5, 5.41) is 78.2. The molecule has 2 atom stereocenters. The molecule has 4 rings (SSSR count). The van der Waals surface area contributed by atoms with Crippen molar-refractivity contribution in [3.05, 3.63) is 53.1 Å². The molecule has 0 amide bonds. The van der Waals surface area contributed by atoms with Gasteiger partial charge in [-0.2, -0.15) is 0 Å². The quantitative estimate of drug-likeness (QED) is 0.199. The van der Waals surface area contributed by atoms with Crippen LogP contribution < -0.4 is 4.74 Å². The number of hydrogen-bond acceptors (Lipinski definition) is 11. The van der Waals surface area contributed by atoms with Gasteiger partial charge in [0, 0.05) is 29.7 Å². The Morgan fingerprint density at radius 2 is 1.29 bits per heavy atom. The average molecular weight is 476 g/mol. The summed E-state index contributed by atoms with van der Waals surface area (Å²) in [6.07, 6.45) is -2.49. The van der Waals surface area contributed by atoms with E-state index in [0.717, 1.165) is 30.3 Å². The van der Waals surface area contributed by atoms with Crippen LogP contribution >= 0.6 is 0 Å². The standard InChI is InChI=1S/C22H18O11.H2O/c23-10-5-12(24)11-7-18(33-22(31)9-3-15(27)20(30)16(28)4-9)21(32-17(11)6-10)8-1-13(25)19(29)14(26)2-8;/h1-6,18,21,23-30H,7H2;1H2/t18-,21-;/m0./s1. The van der Waals surface area contributed by atoms with Crippen LogP contribution in [-0.2, 0) is 11.2 Å². The lowest BCUT2D eigenvalue weighted by atomic mass is 9.93. The van der Waals surface area contributed by atoms with Gasteiger partial charge in [0.25, 0.3) is 0 Å². The molecule has 0 aliphatic carbocycles. The first-order valence-electron chi connectivity index (χ1n) is 9.47. The van der Waals surface area contributed by atoms with E-state index >= 15 is 0 Å². The van der Waals surface area contributed by atoms with E-state index in [2.05, 4.69) is 0 Å². The molecule has 34 heavy (non-hydrogen) atoms. The Balaban J connectivity index is 0.00000324. The second-order valence-corrected chi connectivity index (χ2v) is 7.40. The van der Waals surface area contributed by atoms with E-state index in [9.17, 15) is 45.6 Å². The Morgan fingerprint density at radius 3 is 1.85 bits per heavy atom. The van der Waals surface area contributed by atoms with E-state index in [1.54, 1.807) is 0 Å². The first kappa shape index (κ1) is 23.9. The molecule has 1 heterocycles. The van der Waals surface area contributed by atoms with Gasteiger partial charge in [-0.3, -0.25) is 0 Å². The maximum Gasteiger partial charge on any atom is 0.338 e. The Kier molecular flexibility index (Phi) is 6.11. The van der Waals surface area contributed by atoms with Crippen molar-refractivity contribution in [2.45, 2.75) is 18.6 Å². The smallest absolute Gasteiger partial charge is 0.338 e. The highest BCUT2D eigenvalue weighted by Gasteiger charge is 2.37. The number of carbonyl (C=O) groups is 1. The van der Waals surface area contributed by atoms with Gasteiger partial charge in [0.2, 0.25) is 0 Å². The van der Waals surface area contributed by atoms with E-state index < -0.39 is 52.7 Å². The molecule has 3 aromatic carbocycles. The van der Waals surface area contributed by atoms with E-state index in [1.807, 2.05) is 0 Å². The van der Waals surface area contributed by atoms with Crippen molar-refractivity contribution in [2.24, 2.45) is 0 Å². The number of hydrogen-bond donors (Lipinski definition) is 8. The van der Waals surface area contributed by atoms with Crippen LogP contribution in [0, 0.1) is 0 Å². The molecular weight excluding hydrogens is 456 g/mol. The zero-order chi connectivity index (χ0) is 24.0. The van der Waals surface area contributed by atoms with Gasteiger partial charge in [0.05, 0.1) is 5.56 Å². The number of ether oxygens (including phenoxy) is 2. The van der Waals surface area contributed by atoms with Gasteiger partial charge in [-0.25, -0.2) is 4.79 Å². The fourth-order valence-electron chi connectivity index (χ4n) is 3.55. The molecular formula is C22H20O12. The van der Waals surface area contributed by atoms with Crippen molar-refractivity contribution in [2.75, 3.05) is 0 Å². The van der Waals surface area contributed by atoms with E-state index in [-0.39, 0.29) is 45.8 Å².